The van der Waals surface area contributed by atoms with Gasteiger partial charge in [0.1, 0.15) is 0 Å². The first kappa shape index (κ1) is 16.0. The molecule has 116 valence electrons. The van der Waals surface area contributed by atoms with Crippen molar-refractivity contribution in [2.24, 2.45) is 5.41 Å². The first-order valence-corrected chi connectivity index (χ1v) is 7.25. The molecule has 1 amide bonds. The van der Waals surface area contributed by atoms with Crippen molar-refractivity contribution >= 4 is 35.2 Å². The maximum Gasteiger partial charge on any atom is 0.407 e. The van der Waals surface area contributed by atoms with E-state index in [0.717, 1.165) is 0 Å². The lowest BCUT2D eigenvalue weighted by molar-refractivity contribution is 0.0745. The first-order chi connectivity index (χ1) is 9.68. The van der Waals surface area contributed by atoms with Crippen molar-refractivity contribution in [2.75, 3.05) is 24.5 Å². The summed E-state index contributed by atoms with van der Waals surface area (Å²) in [5.74, 6) is 0.374. The van der Waals surface area contributed by atoms with E-state index in [2.05, 4.69) is 15.0 Å². The van der Waals surface area contributed by atoms with Gasteiger partial charge in [0.15, 0.2) is 0 Å². The molecule has 1 aromatic heterocycles. The monoisotopic (exact) mass is 333 g/mol. The highest BCUT2D eigenvalue weighted by Gasteiger charge is 2.38. The van der Waals surface area contributed by atoms with Crippen molar-refractivity contribution in [3.8, 4) is 0 Å². The summed E-state index contributed by atoms with van der Waals surface area (Å²) in [6.07, 6.45) is -0.915. The van der Waals surface area contributed by atoms with Crippen LogP contribution in [0, 0.1) is 5.41 Å². The Morgan fingerprint density at radius 2 is 1.76 bits per heavy atom. The fraction of sp³-hybridized carbons (Fsp3) is 0.667. The number of carboxylic acid groups (broad SMARTS) is 1. The van der Waals surface area contributed by atoms with Gasteiger partial charge < -0.3 is 14.9 Å². The predicted molar refractivity (Wildman–Crippen MR) is 80.0 cm³/mol. The molecule has 1 saturated heterocycles. The van der Waals surface area contributed by atoms with Crippen molar-refractivity contribution in [1.29, 1.82) is 0 Å². The molecule has 0 spiro atoms. The van der Waals surface area contributed by atoms with Crippen LogP contribution in [-0.2, 0) is 0 Å². The van der Waals surface area contributed by atoms with Crippen molar-refractivity contribution in [1.82, 2.24) is 19.9 Å². The van der Waals surface area contributed by atoms with Crippen molar-refractivity contribution in [2.45, 2.75) is 26.8 Å². The molecule has 2 heterocycles. The summed E-state index contributed by atoms with van der Waals surface area (Å²) in [5.41, 5.74) is -0.211. The molecule has 1 unspecified atom stereocenters. The van der Waals surface area contributed by atoms with Gasteiger partial charge in [0.05, 0.1) is 6.04 Å². The Hall–Kier alpha value is -1.34. The van der Waals surface area contributed by atoms with E-state index in [4.69, 9.17) is 23.2 Å². The van der Waals surface area contributed by atoms with Gasteiger partial charge in [-0.3, -0.25) is 0 Å². The summed E-state index contributed by atoms with van der Waals surface area (Å²) in [4.78, 5) is 26.6. The minimum atomic E-state index is -0.915. The number of rotatable bonds is 1. The minimum Gasteiger partial charge on any atom is -0.465 e. The molecule has 0 saturated carbocycles. The molecule has 2 rings (SSSR count). The molecule has 0 aromatic carbocycles. The largest absolute Gasteiger partial charge is 0.465 e. The molecule has 7 nitrogen and oxygen atoms in total. The van der Waals surface area contributed by atoms with Crippen molar-refractivity contribution < 1.29 is 9.90 Å². The average molecular weight is 334 g/mol. The highest BCUT2D eigenvalue weighted by atomic mass is 35.5. The number of amides is 1. The average Bonchev–Trinajstić information content (AvgIpc) is 2.35. The zero-order chi connectivity index (χ0) is 15.8. The summed E-state index contributed by atoms with van der Waals surface area (Å²) >= 11 is 11.6. The highest BCUT2D eigenvalue weighted by molar-refractivity contribution is 6.31. The second kappa shape index (κ2) is 5.81. The summed E-state index contributed by atoms with van der Waals surface area (Å²) in [6.45, 7) is 7.35. The van der Waals surface area contributed by atoms with Crippen LogP contribution in [0.3, 0.4) is 0 Å². The summed E-state index contributed by atoms with van der Waals surface area (Å²) in [6, 6.07) is -0.182. The zero-order valence-electron chi connectivity index (χ0n) is 12.0. The van der Waals surface area contributed by atoms with E-state index in [9.17, 15) is 9.90 Å². The van der Waals surface area contributed by atoms with Crippen LogP contribution in [0.25, 0.3) is 0 Å². The topological polar surface area (TPSA) is 82.5 Å². The number of aromatic nitrogens is 3. The lowest BCUT2D eigenvalue weighted by Crippen LogP contribution is -2.59. The molecule has 21 heavy (non-hydrogen) atoms. The fourth-order valence-electron chi connectivity index (χ4n) is 2.39. The molecule has 0 bridgehead atoms. The van der Waals surface area contributed by atoms with Crippen LogP contribution in [0.5, 0.6) is 0 Å². The van der Waals surface area contributed by atoms with Gasteiger partial charge in [-0.15, -0.1) is 0 Å². The lowest BCUT2D eigenvalue weighted by atomic mass is 9.84. The summed E-state index contributed by atoms with van der Waals surface area (Å²) in [7, 11) is 0. The van der Waals surface area contributed by atoms with Crippen molar-refractivity contribution in [3.05, 3.63) is 10.6 Å². The van der Waals surface area contributed by atoms with Gasteiger partial charge >= 0.3 is 6.09 Å². The highest BCUT2D eigenvalue weighted by Crippen LogP contribution is 2.29. The molecule has 1 aliphatic rings. The van der Waals surface area contributed by atoms with Gasteiger partial charge in [-0.1, -0.05) is 20.8 Å². The number of hydrogen-bond acceptors (Lipinski definition) is 5. The van der Waals surface area contributed by atoms with E-state index >= 15 is 0 Å². The molecule has 1 atom stereocenters. The third-order valence-corrected chi connectivity index (χ3v) is 3.82. The Kier molecular flexibility index (Phi) is 4.43. The van der Waals surface area contributed by atoms with Gasteiger partial charge in [0, 0.05) is 19.6 Å². The number of carbonyl (C=O) groups is 1. The Morgan fingerprint density at radius 3 is 2.24 bits per heavy atom. The number of piperazine rings is 1. The van der Waals surface area contributed by atoms with E-state index in [1.54, 1.807) is 0 Å². The van der Waals surface area contributed by atoms with E-state index in [1.165, 1.54) is 4.90 Å². The molecule has 1 fully saturated rings. The van der Waals surface area contributed by atoms with Crippen molar-refractivity contribution in [3.63, 3.8) is 0 Å². The van der Waals surface area contributed by atoms with E-state index in [0.29, 0.717) is 25.6 Å². The third kappa shape index (κ3) is 3.65. The van der Waals surface area contributed by atoms with Crippen LogP contribution < -0.4 is 4.90 Å². The quantitative estimate of drug-likeness (QED) is 0.849. The third-order valence-electron chi connectivity index (χ3n) is 3.48. The lowest BCUT2D eigenvalue weighted by Gasteiger charge is -2.45. The molecule has 0 aliphatic carbocycles. The molecule has 0 radical (unpaired) electrons. The Morgan fingerprint density at radius 1 is 1.19 bits per heavy atom. The molecule has 9 heteroatoms. The Balaban J connectivity index is 2.27. The van der Waals surface area contributed by atoms with Gasteiger partial charge in [0.25, 0.3) is 0 Å². The Bertz CT molecular complexity index is 529. The predicted octanol–water partition coefficient (Wildman–Crippen LogP) is 2.39. The molecule has 1 N–H and O–H groups in total. The van der Waals surface area contributed by atoms with Crippen LogP contribution in [0.15, 0.2) is 0 Å². The smallest absolute Gasteiger partial charge is 0.407 e. The number of nitrogens with zero attached hydrogens (tertiary/aromatic N) is 5. The van der Waals surface area contributed by atoms with Crippen LogP contribution in [0.2, 0.25) is 10.6 Å². The molecular weight excluding hydrogens is 317 g/mol. The second-order valence-corrected chi connectivity index (χ2v) is 6.65. The molecule has 1 aromatic rings. The van der Waals surface area contributed by atoms with E-state index < -0.39 is 6.09 Å². The number of anilines is 1. The maximum atomic E-state index is 11.4. The van der Waals surface area contributed by atoms with Gasteiger partial charge in [0.2, 0.25) is 16.5 Å². The second-order valence-electron chi connectivity index (χ2n) is 5.98. The van der Waals surface area contributed by atoms with E-state index in [-0.39, 0.29) is 22.0 Å². The SMILES string of the molecule is CC(C)(C)C1CN(c2nc(Cl)nc(Cl)n2)CCN1C(=O)O. The molecular formula is C12H17Cl2N5O2. The minimum absolute atomic E-state index is 0.0259. The summed E-state index contributed by atoms with van der Waals surface area (Å²) < 4.78 is 0. The van der Waals surface area contributed by atoms with Crippen LogP contribution in [0.1, 0.15) is 20.8 Å². The Labute approximate surface area is 132 Å². The van der Waals surface area contributed by atoms with E-state index in [1.807, 2.05) is 25.7 Å². The standard InChI is InChI=1S/C12H17Cl2N5O2/c1-12(2,3)7-6-18(4-5-19(7)11(20)21)10-16-8(13)15-9(14)17-10/h7H,4-6H2,1-3H3,(H,20,21). The summed E-state index contributed by atoms with van der Waals surface area (Å²) in [5, 5.41) is 9.39. The van der Waals surface area contributed by atoms with Gasteiger partial charge in [-0.05, 0) is 28.6 Å². The van der Waals surface area contributed by atoms with Crippen LogP contribution in [0.4, 0.5) is 10.7 Å². The zero-order valence-corrected chi connectivity index (χ0v) is 13.6. The van der Waals surface area contributed by atoms with Crippen LogP contribution in [-0.4, -0.2) is 56.7 Å². The maximum absolute atomic E-state index is 11.4. The first-order valence-electron chi connectivity index (χ1n) is 6.50. The molecule has 1 aliphatic heterocycles. The van der Waals surface area contributed by atoms with Gasteiger partial charge in [-0.25, -0.2) is 4.79 Å². The number of halogens is 2. The fourth-order valence-corrected chi connectivity index (χ4v) is 2.75. The number of hydrogen-bond donors (Lipinski definition) is 1. The normalized spacial score (nSPS) is 19.8. The van der Waals surface area contributed by atoms with Gasteiger partial charge in [-0.2, -0.15) is 15.0 Å². The van der Waals surface area contributed by atoms with Crippen LogP contribution >= 0.6 is 23.2 Å².